The van der Waals surface area contributed by atoms with Crippen LogP contribution in [0.1, 0.15) is 19.4 Å². The fraction of sp³-hybridized carbons (Fsp3) is 0.231. The number of hydrogen-bond acceptors (Lipinski definition) is 2. The summed E-state index contributed by atoms with van der Waals surface area (Å²) in [5.74, 6) is 0.893. The average molecular weight is 200 g/mol. The molecule has 2 nitrogen and oxygen atoms in total. The predicted octanol–water partition coefficient (Wildman–Crippen LogP) is 3.62. The zero-order chi connectivity index (χ0) is 10.5. The monoisotopic (exact) mass is 200 g/mol. The third-order valence-electron chi connectivity index (χ3n) is 2.62. The number of fused-ring (bicyclic) bond motifs is 2. The first-order valence-electron chi connectivity index (χ1n) is 5.04. The number of ether oxygens (including phenoxy) is 1. The maximum Gasteiger partial charge on any atom is 0.137 e. The topological polar surface area (TPSA) is 22.4 Å². The standard InChI is InChI=1S/C13H12O2/c1-13(2)5-3-9-7-10-4-6-14-11(10)8-12(9)15-13/h3-8H,1-2H3. The van der Waals surface area contributed by atoms with Crippen LogP contribution in [0.2, 0.25) is 0 Å². The summed E-state index contributed by atoms with van der Waals surface area (Å²) in [6.07, 6.45) is 5.87. The molecule has 0 N–H and O–H groups in total. The summed E-state index contributed by atoms with van der Waals surface area (Å²) in [7, 11) is 0. The molecule has 2 aromatic rings. The van der Waals surface area contributed by atoms with E-state index in [-0.39, 0.29) is 5.60 Å². The van der Waals surface area contributed by atoms with Gasteiger partial charge in [0.25, 0.3) is 0 Å². The van der Waals surface area contributed by atoms with Crippen molar-refractivity contribution in [1.82, 2.24) is 0 Å². The number of rotatable bonds is 0. The van der Waals surface area contributed by atoms with Gasteiger partial charge < -0.3 is 9.15 Å². The first-order chi connectivity index (χ1) is 7.14. The summed E-state index contributed by atoms with van der Waals surface area (Å²) < 4.78 is 11.2. The van der Waals surface area contributed by atoms with Gasteiger partial charge >= 0.3 is 0 Å². The Morgan fingerprint density at radius 3 is 2.93 bits per heavy atom. The maximum absolute atomic E-state index is 5.85. The molecule has 0 bridgehead atoms. The highest BCUT2D eigenvalue weighted by Crippen LogP contribution is 2.34. The smallest absolute Gasteiger partial charge is 0.137 e. The van der Waals surface area contributed by atoms with Gasteiger partial charge in [-0.2, -0.15) is 0 Å². The third-order valence-corrected chi connectivity index (χ3v) is 2.62. The van der Waals surface area contributed by atoms with Crippen LogP contribution in [0.15, 0.2) is 35.0 Å². The quantitative estimate of drug-likeness (QED) is 0.648. The molecule has 0 spiro atoms. The Labute approximate surface area is 88.2 Å². The number of furan rings is 1. The van der Waals surface area contributed by atoms with Crippen molar-refractivity contribution in [1.29, 1.82) is 0 Å². The molecule has 1 aliphatic heterocycles. The Hall–Kier alpha value is -1.70. The van der Waals surface area contributed by atoms with Crippen LogP contribution in [-0.2, 0) is 0 Å². The van der Waals surface area contributed by atoms with Crippen molar-refractivity contribution in [3.8, 4) is 5.75 Å². The zero-order valence-corrected chi connectivity index (χ0v) is 8.78. The van der Waals surface area contributed by atoms with Crippen LogP contribution in [0, 0.1) is 0 Å². The van der Waals surface area contributed by atoms with Crippen molar-refractivity contribution >= 4 is 17.0 Å². The van der Waals surface area contributed by atoms with Crippen LogP contribution in [0.25, 0.3) is 17.0 Å². The van der Waals surface area contributed by atoms with E-state index in [1.165, 1.54) is 0 Å². The van der Waals surface area contributed by atoms with E-state index in [1.54, 1.807) is 6.26 Å². The van der Waals surface area contributed by atoms with E-state index in [4.69, 9.17) is 9.15 Å². The molecule has 0 saturated heterocycles. The van der Waals surface area contributed by atoms with Gasteiger partial charge in [-0.1, -0.05) is 6.08 Å². The van der Waals surface area contributed by atoms with Crippen molar-refractivity contribution < 1.29 is 9.15 Å². The molecule has 0 radical (unpaired) electrons. The largest absolute Gasteiger partial charge is 0.483 e. The summed E-state index contributed by atoms with van der Waals surface area (Å²) in [5, 5.41) is 1.11. The van der Waals surface area contributed by atoms with Gasteiger partial charge in [0.2, 0.25) is 0 Å². The molecule has 0 fully saturated rings. The number of hydrogen-bond donors (Lipinski definition) is 0. The second-order valence-electron chi connectivity index (χ2n) is 4.39. The lowest BCUT2D eigenvalue weighted by molar-refractivity contribution is 0.159. The fourth-order valence-electron chi connectivity index (χ4n) is 1.83. The molecule has 15 heavy (non-hydrogen) atoms. The van der Waals surface area contributed by atoms with Crippen LogP contribution >= 0.6 is 0 Å². The van der Waals surface area contributed by atoms with E-state index in [0.29, 0.717) is 0 Å². The maximum atomic E-state index is 5.85. The Bertz CT molecular complexity index is 547. The molecule has 76 valence electrons. The summed E-state index contributed by atoms with van der Waals surface area (Å²) in [6, 6.07) is 6.00. The van der Waals surface area contributed by atoms with Crippen LogP contribution in [0.5, 0.6) is 5.75 Å². The second-order valence-corrected chi connectivity index (χ2v) is 4.39. The lowest BCUT2D eigenvalue weighted by atomic mass is 10.0. The molecule has 1 aromatic carbocycles. The van der Waals surface area contributed by atoms with Gasteiger partial charge in [0.1, 0.15) is 16.9 Å². The van der Waals surface area contributed by atoms with Crippen molar-refractivity contribution in [2.45, 2.75) is 19.4 Å². The lowest BCUT2D eigenvalue weighted by Crippen LogP contribution is -2.27. The molecule has 0 unspecified atom stereocenters. The van der Waals surface area contributed by atoms with Gasteiger partial charge in [0.05, 0.1) is 6.26 Å². The molecular weight excluding hydrogens is 188 g/mol. The Balaban J connectivity index is 2.23. The molecule has 0 atom stereocenters. The molecule has 0 saturated carbocycles. The summed E-state index contributed by atoms with van der Waals surface area (Å²) >= 11 is 0. The van der Waals surface area contributed by atoms with Gasteiger partial charge in [-0.25, -0.2) is 0 Å². The minimum atomic E-state index is -0.229. The Kier molecular flexibility index (Phi) is 1.52. The SMILES string of the molecule is CC1(C)C=Cc2cc3ccoc3cc2O1. The highest BCUT2D eigenvalue weighted by Gasteiger charge is 2.22. The predicted molar refractivity (Wildman–Crippen MR) is 60.0 cm³/mol. The summed E-state index contributed by atoms with van der Waals surface area (Å²) in [6.45, 7) is 4.08. The van der Waals surface area contributed by atoms with E-state index in [1.807, 2.05) is 26.0 Å². The van der Waals surface area contributed by atoms with E-state index in [2.05, 4.69) is 18.2 Å². The molecule has 2 heteroatoms. The Morgan fingerprint density at radius 2 is 2.07 bits per heavy atom. The van der Waals surface area contributed by atoms with Gasteiger partial charge in [0, 0.05) is 17.0 Å². The third kappa shape index (κ3) is 1.33. The summed E-state index contributed by atoms with van der Waals surface area (Å²) in [5.41, 5.74) is 1.76. The van der Waals surface area contributed by atoms with Gasteiger partial charge in [-0.05, 0) is 32.1 Å². The highest BCUT2D eigenvalue weighted by atomic mass is 16.5. The van der Waals surface area contributed by atoms with Crippen LogP contribution < -0.4 is 4.74 Å². The van der Waals surface area contributed by atoms with E-state index < -0.39 is 0 Å². The first-order valence-corrected chi connectivity index (χ1v) is 5.04. The molecule has 1 aliphatic rings. The van der Waals surface area contributed by atoms with Crippen LogP contribution in [0.4, 0.5) is 0 Å². The molecule has 3 rings (SSSR count). The lowest BCUT2D eigenvalue weighted by Gasteiger charge is -2.27. The van der Waals surface area contributed by atoms with Gasteiger partial charge in [-0.15, -0.1) is 0 Å². The molecule has 2 heterocycles. The second kappa shape index (κ2) is 2.66. The first kappa shape index (κ1) is 8.60. The van der Waals surface area contributed by atoms with Gasteiger partial charge in [-0.3, -0.25) is 0 Å². The van der Waals surface area contributed by atoms with Crippen molar-refractivity contribution in [3.05, 3.63) is 36.1 Å². The fourth-order valence-corrected chi connectivity index (χ4v) is 1.83. The molecule has 0 amide bonds. The van der Waals surface area contributed by atoms with E-state index >= 15 is 0 Å². The number of benzene rings is 1. The van der Waals surface area contributed by atoms with Crippen LogP contribution in [0.3, 0.4) is 0 Å². The molecule has 0 aliphatic carbocycles. The minimum Gasteiger partial charge on any atom is -0.483 e. The zero-order valence-electron chi connectivity index (χ0n) is 8.78. The average Bonchev–Trinajstić information content (AvgIpc) is 2.60. The molecular formula is C13H12O2. The molecule has 1 aromatic heterocycles. The van der Waals surface area contributed by atoms with Crippen LogP contribution in [-0.4, -0.2) is 5.60 Å². The summed E-state index contributed by atoms with van der Waals surface area (Å²) in [4.78, 5) is 0. The van der Waals surface area contributed by atoms with E-state index in [9.17, 15) is 0 Å². The van der Waals surface area contributed by atoms with Crippen molar-refractivity contribution in [2.75, 3.05) is 0 Å². The highest BCUT2D eigenvalue weighted by molar-refractivity contribution is 5.83. The van der Waals surface area contributed by atoms with Crippen molar-refractivity contribution in [3.63, 3.8) is 0 Å². The van der Waals surface area contributed by atoms with Crippen molar-refractivity contribution in [2.24, 2.45) is 0 Å². The van der Waals surface area contributed by atoms with E-state index in [0.717, 1.165) is 22.3 Å². The Morgan fingerprint density at radius 1 is 1.20 bits per heavy atom. The normalized spacial score (nSPS) is 17.5. The minimum absolute atomic E-state index is 0.229. The van der Waals surface area contributed by atoms with Gasteiger partial charge in [0.15, 0.2) is 0 Å².